The first-order valence-electron chi connectivity index (χ1n) is 9.27. The van der Waals surface area contributed by atoms with Crippen LogP contribution in [0.25, 0.3) is 0 Å². The number of nitrogens with zero attached hydrogens (tertiary/aromatic N) is 1. The van der Waals surface area contributed by atoms with Gasteiger partial charge in [-0.05, 0) is 43.5 Å². The lowest BCUT2D eigenvalue weighted by Gasteiger charge is -2.30. The number of nitrogens with one attached hydrogen (secondary N) is 1. The van der Waals surface area contributed by atoms with Crippen molar-refractivity contribution in [2.24, 2.45) is 0 Å². The first-order valence-corrected chi connectivity index (χ1v) is 10.0. The molecule has 0 aromatic heterocycles. The molecule has 2 aromatic carbocycles. The van der Waals surface area contributed by atoms with Crippen LogP contribution in [0.15, 0.2) is 36.4 Å². The molecule has 150 valence electrons. The van der Waals surface area contributed by atoms with Crippen LogP contribution >= 0.6 is 23.2 Å². The molecule has 2 aromatic rings. The molecule has 1 unspecified atom stereocenters. The lowest BCUT2D eigenvalue weighted by Crippen LogP contribution is -2.48. The molecular weight excluding hydrogens is 395 g/mol. The van der Waals surface area contributed by atoms with Gasteiger partial charge in [0.1, 0.15) is 6.04 Å². The van der Waals surface area contributed by atoms with Gasteiger partial charge in [0.05, 0.1) is 16.5 Å². The van der Waals surface area contributed by atoms with Gasteiger partial charge in [-0.15, -0.1) is 0 Å². The fourth-order valence-corrected chi connectivity index (χ4v) is 3.69. The van der Waals surface area contributed by atoms with E-state index in [1.807, 2.05) is 39.0 Å². The minimum Gasteiger partial charge on any atom is -0.357 e. The second-order valence-corrected chi connectivity index (χ2v) is 7.80. The summed E-state index contributed by atoms with van der Waals surface area (Å²) in [5, 5.41) is 3.54. The molecule has 0 aliphatic heterocycles. The Balaban J connectivity index is 2.33. The Labute approximate surface area is 176 Å². The van der Waals surface area contributed by atoms with E-state index in [1.54, 1.807) is 24.1 Å². The molecule has 0 bridgehead atoms. The van der Waals surface area contributed by atoms with E-state index in [1.165, 1.54) is 0 Å². The molecule has 6 heteroatoms. The van der Waals surface area contributed by atoms with Crippen molar-refractivity contribution in [3.63, 3.8) is 0 Å². The highest BCUT2D eigenvalue weighted by Crippen LogP contribution is 2.24. The van der Waals surface area contributed by atoms with E-state index in [0.29, 0.717) is 16.5 Å². The third-order valence-corrected chi connectivity index (χ3v) is 5.35. The van der Waals surface area contributed by atoms with Crippen LogP contribution in [0.3, 0.4) is 0 Å². The predicted octanol–water partition coefficient (Wildman–Crippen LogP) is 4.71. The Morgan fingerprint density at radius 1 is 1.00 bits per heavy atom. The maximum Gasteiger partial charge on any atom is 0.242 e. The number of aryl methyl sites for hydroxylation is 2. The summed E-state index contributed by atoms with van der Waals surface area (Å²) < 4.78 is 0. The first-order chi connectivity index (χ1) is 13.2. The first kappa shape index (κ1) is 22.3. The molecular formula is C22H26Cl2N2O2. The third kappa shape index (κ3) is 5.73. The average Bonchev–Trinajstić information content (AvgIpc) is 2.63. The second-order valence-electron chi connectivity index (χ2n) is 6.98. The van der Waals surface area contributed by atoms with Gasteiger partial charge in [-0.25, -0.2) is 0 Å². The zero-order chi connectivity index (χ0) is 20.8. The summed E-state index contributed by atoms with van der Waals surface area (Å²) in [5.41, 5.74) is 3.98. The van der Waals surface area contributed by atoms with Crippen LogP contribution in [0.2, 0.25) is 10.0 Å². The Hall–Kier alpha value is -2.04. The van der Waals surface area contributed by atoms with Gasteiger partial charge in [0, 0.05) is 13.6 Å². The number of halogens is 2. The van der Waals surface area contributed by atoms with Crippen molar-refractivity contribution >= 4 is 35.0 Å². The van der Waals surface area contributed by atoms with Crippen molar-refractivity contribution in [1.29, 1.82) is 0 Å². The zero-order valence-corrected chi connectivity index (χ0v) is 18.2. The standard InChI is InChI=1S/C22H26Cl2N2O2/c1-5-20(22(28)25-4)26(13-16-6-7-18(23)19(24)11-16)21(27)12-17-9-14(2)8-15(3)10-17/h6-11,20H,5,12-13H2,1-4H3,(H,25,28). The number of carbonyl (C=O) groups is 2. The van der Waals surface area contributed by atoms with Crippen LogP contribution in [0, 0.1) is 13.8 Å². The normalized spacial score (nSPS) is 11.8. The zero-order valence-electron chi connectivity index (χ0n) is 16.7. The van der Waals surface area contributed by atoms with Crippen molar-refractivity contribution < 1.29 is 9.59 Å². The molecule has 0 saturated carbocycles. The van der Waals surface area contributed by atoms with E-state index in [4.69, 9.17) is 23.2 Å². The molecule has 2 amide bonds. The molecule has 0 aliphatic carbocycles. The van der Waals surface area contributed by atoms with Gasteiger partial charge in [0.25, 0.3) is 0 Å². The third-order valence-electron chi connectivity index (χ3n) is 4.61. The number of benzene rings is 2. The highest BCUT2D eigenvalue weighted by molar-refractivity contribution is 6.42. The summed E-state index contributed by atoms with van der Waals surface area (Å²) in [6.07, 6.45) is 0.747. The predicted molar refractivity (Wildman–Crippen MR) is 115 cm³/mol. The minimum atomic E-state index is -0.558. The Bertz CT molecular complexity index is 847. The van der Waals surface area contributed by atoms with E-state index in [0.717, 1.165) is 22.3 Å². The van der Waals surface area contributed by atoms with Crippen LogP contribution in [0.4, 0.5) is 0 Å². The summed E-state index contributed by atoms with van der Waals surface area (Å²) in [6.45, 7) is 6.19. The summed E-state index contributed by atoms with van der Waals surface area (Å²) >= 11 is 12.1. The Morgan fingerprint density at radius 2 is 1.64 bits per heavy atom. The molecule has 2 rings (SSSR count). The number of rotatable bonds is 7. The maximum absolute atomic E-state index is 13.2. The molecule has 0 heterocycles. The van der Waals surface area contributed by atoms with Crippen LogP contribution in [0.5, 0.6) is 0 Å². The van der Waals surface area contributed by atoms with Gasteiger partial charge in [-0.1, -0.05) is 65.5 Å². The topological polar surface area (TPSA) is 49.4 Å². The van der Waals surface area contributed by atoms with E-state index >= 15 is 0 Å². The summed E-state index contributed by atoms with van der Waals surface area (Å²) in [7, 11) is 1.58. The molecule has 0 saturated heterocycles. The fraction of sp³-hybridized carbons (Fsp3) is 0.364. The molecule has 0 aliphatic rings. The summed E-state index contributed by atoms with van der Waals surface area (Å²) in [4.78, 5) is 27.2. The molecule has 28 heavy (non-hydrogen) atoms. The van der Waals surface area contributed by atoms with Crippen LogP contribution in [0.1, 0.15) is 35.6 Å². The minimum absolute atomic E-state index is 0.105. The lowest BCUT2D eigenvalue weighted by molar-refractivity contribution is -0.140. The maximum atomic E-state index is 13.2. The van der Waals surface area contributed by atoms with E-state index in [9.17, 15) is 9.59 Å². The number of hydrogen-bond acceptors (Lipinski definition) is 2. The monoisotopic (exact) mass is 420 g/mol. The van der Waals surface area contributed by atoms with Crippen LogP contribution < -0.4 is 5.32 Å². The van der Waals surface area contributed by atoms with Gasteiger partial charge in [-0.3, -0.25) is 9.59 Å². The van der Waals surface area contributed by atoms with E-state index < -0.39 is 6.04 Å². The number of amides is 2. The molecule has 0 radical (unpaired) electrons. The van der Waals surface area contributed by atoms with Crippen molar-refractivity contribution in [3.8, 4) is 0 Å². The highest BCUT2D eigenvalue weighted by atomic mass is 35.5. The molecule has 4 nitrogen and oxygen atoms in total. The number of carbonyl (C=O) groups excluding carboxylic acids is 2. The Kier molecular flexibility index (Phi) is 7.90. The average molecular weight is 421 g/mol. The largest absolute Gasteiger partial charge is 0.357 e. The van der Waals surface area contributed by atoms with Gasteiger partial charge in [-0.2, -0.15) is 0 Å². The second kappa shape index (κ2) is 9.94. The van der Waals surface area contributed by atoms with Gasteiger partial charge < -0.3 is 10.2 Å². The van der Waals surface area contributed by atoms with Crippen molar-refractivity contribution in [2.75, 3.05) is 7.05 Å². The van der Waals surface area contributed by atoms with Gasteiger partial charge >= 0.3 is 0 Å². The lowest BCUT2D eigenvalue weighted by atomic mass is 10.0. The molecule has 0 fully saturated rings. The molecule has 1 N–H and O–H groups in total. The summed E-state index contributed by atoms with van der Waals surface area (Å²) in [5.74, 6) is -0.289. The van der Waals surface area contributed by atoms with Crippen LogP contribution in [-0.2, 0) is 22.6 Å². The quantitative estimate of drug-likeness (QED) is 0.704. The number of hydrogen-bond donors (Lipinski definition) is 1. The van der Waals surface area contributed by atoms with Crippen LogP contribution in [-0.4, -0.2) is 29.8 Å². The van der Waals surface area contributed by atoms with Gasteiger partial charge in [0.15, 0.2) is 0 Å². The molecule has 0 spiro atoms. The number of likely N-dealkylation sites (N-methyl/N-ethyl adjacent to an activating group) is 1. The Morgan fingerprint density at radius 3 is 2.18 bits per heavy atom. The van der Waals surface area contributed by atoms with Crippen molar-refractivity contribution in [2.45, 2.75) is 46.2 Å². The van der Waals surface area contributed by atoms with Crippen molar-refractivity contribution in [3.05, 3.63) is 68.7 Å². The fourth-order valence-electron chi connectivity index (χ4n) is 3.37. The van der Waals surface area contributed by atoms with E-state index in [2.05, 4.69) is 11.4 Å². The smallest absolute Gasteiger partial charge is 0.242 e. The van der Waals surface area contributed by atoms with Crippen molar-refractivity contribution in [1.82, 2.24) is 10.2 Å². The van der Waals surface area contributed by atoms with E-state index in [-0.39, 0.29) is 24.8 Å². The SMILES string of the molecule is CCC(C(=O)NC)N(Cc1ccc(Cl)c(Cl)c1)C(=O)Cc1cc(C)cc(C)c1. The molecule has 1 atom stereocenters. The van der Waals surface area contributed by atoms with Gasteiger partial charge in [0.2, 0.25) is 11.8 Å². The highest BCUT2D eigenvalue weighted by Gasteiger charge is 2.28. The summed E-state index contributed by atoms with van der Waals surface area (Å²) in [6, 6.07) is 10.8.